The van der Waals surface area contributed by atoms with Crippen LogP contribution in [0.4, 0.5) is 0 Å². The van der Waals surface area contributed by atoms with E-state index in [9.17, 15) is 8.42 Å². The average Bonchev–Trinajstić information content (AvgIpc) is 2.24. The topological polar surface area (TPSA) is 67.9 Å². The molecule has 0 heterocycles. The first-order valence-electron chi connectivity index (χ1n) is 5.46. The summed E-state index contributed by atoms with van der Waals surface area (Å²) in [6, 6.07) is 0. The third-order valence-electron chi connectivity index (χ3n) is 1.84. The molecule has 0 amide bonds. The molecule has 0 aromatic rings. The highest BCUT2D eigenvalue weighted by Crippen LogP contribution is 2.01. The van der Waals surface area contributed by atoms with E-state index in [1.54, 1.807) is 0 Å². The summed E-state index contributed by atoms with van der Waals surface area (Å²) in [4.78, 5) is 6.89. The van der Waals surface area contributed by atoms with Crippen molar-refractivity contribution in [2.75, 3.05) is 33.4 Å². The summed E-state index contributed by atoms with van der Waals surface area (Å²) < 4.78 is 29.6. The summed E-state index contributed by atoms with van der Waals surface area (Å²) in [6.07, 6.45) is 1.55. The molecule has 0 bridgehead atoms. The Labute approximate surface area is 98.0 Å². The fourth-order valence-electron chi connectivity index (χ4n) is 1.14. The molecule has 0 saturated carbocycles. The summed E-state index contributed by atoms with van der Waals surface area (Å²) in [5, 5.41) is 0. The Balaban J connectivity index is 4.13. The maximum atomic E-state index is 11.7. The molecule has 0 saturated heterocycles. The minimum Gasteiger partial charge on any atom is -0.382 e. The fourth-order valence-corrected chi connectivity index (χ4v) is 2.33. The molecular formula is C9H22N2O4S. The second kappa shape index (κ2) is 8.89. The molecule has 0 spiro atoms. The largest absolute Gasteiger partial charge is 0.382 e. The molecule has 0 unspecified atom stereocenters. The highest BCUT2D eigenvalue weighted by atomic mass is 32.2. The molecule has 0 aliphatic rings. The summed E-state index contributed by atoms with van der Waals surface area (Å²) in [7, 11) is -2.00. The Morgan fingerprint density at radius 3 is 2.12 bits per heavy atom. The van der Waals surface area contributed by atoms with E-state index in [2.05, 4.69) is 4.89 Å². The number of hydrogen-bond acceptors (Lipinski definition) is 4. The van der Waals surface area contributed by atoms with E-state index >= 15 is 0 Å². The van der Waals surface area contributed by atoms with Crippen LogP contribution in [0, 0.1) is 0 Å². The van der Waals surface area contributed by atoms with Gasteiger partial charge in [0.15, 0.2) is 0 Å². The second-order valence-electron chi connectivity index (χ2n) is 3.33. The molecule has 0 aromatic heterocycles. The van der Waals surface area contributed by atoms with E-state index in [1.807, 2.05) is 13.8 Å². The zero-order valence-electron chi connectivity index (χ0n) is 10.2. The van der Waals surface area contributed by atoms with Crippen LogP contribution in [0.3, 0.4) is 0 Å². The lowest BCUT2D eigenvalue weighted by atomic mass is 10.4. The van der Waals surface area contributed by atoms with Crippen molar-refractivity contribution in [1.29, 1.82) is 0 Å². The van der Waals surface area contributed by atoms with Gasteiger partial charge in [-0.1, -0.05) is 18.7 Å². The van der Waals surface area contributed by atoms with Crippen LogP contribution in [0.1, 0.15) is 26.7 Å². The number of nitrogens with one attached hydrogen (secondary N) is 1. The number of methoxy groups -OCH3 is 1. The molecule has 7 heteroatoms. The maximum absolute atomic E-state index is 11.7. The van der Waals surface area contributed by atoms with Gasteiger partial charge in [-0.2, -0.15) is 12.7 Å². The lowest BCUT2D eigenvalue weighted by molar-refractivity contribution is 0.0409. The molecule has 0 aromatic carbocycles. The molecule has 1 N–H and O–H groups in total. The van der Waals surface area contributed by atoms with Gasteiger partial charge in [0.1, 0.15) is 0 Å². The van der Waals surface area contributed by atoms with Gasteiger partial charge in [0.2, 0.25) is 0 Å². The molecule has 0 rings (SSSR count). The monoisotopic (exact) mass is 254 g/mol. The van der Waals surface area contributed by atoms with Crippen LogP contribution in [0.5, 0.6) is 0 Å². The van der Waals surface area contributed by atoms with E-state index < -0.39 is 10.2 Å². The van der Waals surface area contributed by atoms with Crippen molar-refractivity contribution < 1.29 is 18.0 Å². The SMILES string of the molecule is CCCN(CCC)S(=O)(=O)NOCCOC. The molecule has 98 valence electrons. The fraction of sp³-hybridized carbons (Fsp3) is 1.00. The van der Waals surface area contributed by atoms with E-state index in [1.165, 1.54) is 11.4 Å². The van der Waals surface area contributed by atoms with Crippen molar-refractivity contribution in [3.8, 4) is 0 Å². The van der Waals surface area contributed by atoms with Gasteiger partial charge in [0.25, 0.3) is 0 Å². The minimum absolute atomic E-state index is 0.196. The van der Waals surface area contributed by atoms with Gasteiger partial charge in [-0.05, 0) is 12.8 Å². The van der Waals surface area contributed by atoms with Crippen molar-refractivity contribution in [3.63, 3.8) is 0 Å². The standard InChI is InChI=1S/C9H22N2O4S/c1-4-6-11(7-5-2)16(12,13)10-15-9-8-14-3/h10H,4-9H2,1-3H3. The Morgan fingerprint density at radius 1 is 1.12 bits per heavy atom. The highest BCUT2D eigenvalue weighted by Gasteiger charge is 2.19. The number of rotatable bonds is 10. The minimum atomic E-state index is -3.52. The smallest absolute Gasteiger partial charge is 0.301 e. The predicted octanol–water partition coefficient (Wildman–Crippen LogP) is 0.521. The van der Waals surface area contributed by atoms with Gasteiger partial charge in [-0.15, -0.1) is 0 Å². The third kappa shape index (κ3) is 6.39. The summed E-state index contributed by atoms with van der Waals surface area (Å²) >= 11 is 0. The zero-order chi connectivity index (χ0) is 12.4. The molecule has 16 heavy (non-hydrogen) atoms. The molecule has 0 aliphatic heterocycles. The van der Waals surface area contributed by atoms with Gasteiger partial charge in [0, 0.05) is 20.2 Å². The molecule has 0 aliphatic carbocycles. The van der Waals surface area contributed by atoms with Crippen molar-refractivity contribution in [3.05, 3.63) is 0 Å². The van der Waals surface area contributed by atoms with Crippen LogP contribution >= 0.6 is 0 Å². The van der Waals surface area contributed by atoms with Crippen LogP contribution in [0.25, 0.3) is 0 Å². The van der Waals surface area contributed by atoms with Crippen LogP contribution in [-0.4, -0.2) is 46.1 Å². The van der Waals surface area contributed by atoms with Crippen LogP contribution < -0.4 is 4.89 Å². The first-order chi connectivity index (χ1) is 7.58. The molecule has 0 atom stereocenters. The third-order valence-corrected chi connectivity index (χ3v) is 3.21. The van der Waals surface area contributed by atoms with Crippen LogP contribution in [0.15, 0.2) is 0 Å². The van der Waals surface area contributed by atoms with Gasteiger partial charge < -0.3 is 4.74 Å². The Bertz CT molecular complexity index is 250. The Hall–Kier alpha value is -0.210. The van der Waals surface area contributed by atoms with E-state index in [4.69, 9.17) is 9.57 Å². The quantitative estimate of drug-likeness (QED) is 0.456. The van der Waals surface area contributed by atoms with Crippen molar-refractivity contribution >= 4 is 10.2 Å². The van der Waals surface area contributed by atoms with Crippen LogP contribution in [0.2, 0.25) is 0 Å². The number of hydrogen-bond donors (Lipinski definition) is 1. The van der Waals surface area contributed by atoms with Gasteiger partial charge in [-0.3, -0.25) is 4.84 Å². The number of ether oxygens (including phenoxy) is 1. The summed E-state index contributed by atoms with van der Waals surface area (Å²) in [5.41, 5.74) is 0. The lowest BCUT2D eigenvalue weighted by Crippen LogP contribution is -2.41. The normalized spacial score (nSPS) is 12.2. The lowest BCUT2D eigenvalue weighted by Gasteiger charge is -2.20. The predicted molar refractivity (Wildman–Crippen MR) is 62.0 cm³/mol. The van der Waals surface area contributed by atoms with Crippen molar-refractivity contribution in [1.82, 2.24) is 9.19 Å². The van der Waals surface area contributed by atoms with Gasteiger partial charge in [-0.25, -0.2) is 0 Å². The zero-order valence-corrected chi connectivity index (χ0v) is 11.0. The van der Waals surface area contributed by atoms with Crippen molar-refractivity contribution in [2.24, 2.45) is 0 Å². The van der Waals surface area contributed by atoms with Gasteiger partial charge in [0.05, 0.1) is 13.2 Å². The maximum Gasteiger partial charge on any atom is 0.301 e. The number of nitrogens with zero attached hydrogens (tertiary/aromatic N) is 1. The molecule has 0 radical (unpaired) electrons. The first-order valence-corrected chi connectivity index (χ1v) is 6.90. The van der Waals surface area contributed by atoms with E-state index in [0.717, 1.165) is 12.8 Å². The van der Waals surface area contributed by atoms with Crippen molar-refractivity contribution in [2.45, 2.75) is 26.7 Å². The second-order valence-corrected chi connectivity index (χ2v) is 4.96. The Morgan fingerprint density at radius 2 is 1.69 bits per heavy atom. The average molecular weight is 254 g/mol. The first kappa shape index (κ1) is 15.8. The molecule has 6 nitrogen and oxygen atoms in total. The Kier molecular flexibility index (Phi) is 8.77. The van der Waals surface area contributed by atoms with E-state index in [-0.39, 0.29) is 6.61 Å². The summed E-state index contributed by atoms with van der Waals surface area (Å²) in [5.74, 6) is 0. The summed E-state index contributed by atoms with van der Waals surface area (Å²) in [6.45, 7) is 5.41. The highest BCUT2D eigenvalue weighted by molar-refractivity contribution is 7.87. The van der Waals surface area contributed by atoms with E-state index in [0.29, 0.717) is 19.7 Å². The molecule has 0 fully saturated rings. The van der Waals surface area contributed by atoms with Crippen LogP contribution in [-0.2, 0) is 19.8 Å². The van der Waals surface area contributed by atoms with Gasteiger partial charge >= 0.3 is 10.2 Å². The molecular weight excluding hydrogens is 232 g/mol.